The highest BCUT2D eigenvalue weighted by Crippen LogP contribution is 2.30. The number of methoxy groups -OCH3 is 1. The molecule has 1 unspecified atom stereocenters. The summed E-state index contributed by atoms with van der Waals surface area (Å²) in [5.41, 5.74) is 0.884. The predicted octanol–water partition coefficient (Wildman–Crippen LogP) is 2.53. The number of urea groups is 1. The lowest BCUT2D eigenvalue weighted by Crippen LogP contribution is -2.40. The first-order valence-corrected chi connectivity index (χ1v) is 7.75. The van der Waals surface area contributed by atoms with Crippen LogP contribution in [0.25, 0.3) is 0 Å². The minimum absolute atomic E-state index is 0.155. The van der Waals surface area contributed by atoms with Crippen molar-refractivity contribution in [3.63, 3.8) is 0 Å². The number of carbonyl (C=O) groups is 2. The smallest absolute Gasteiger partial charge is 0.325 e. The topological polar surface area (TPSA) is 82.4 Å². The summed E-state index contributed by atoms with van der Waals surface area (Å²) in [5, 5.41) is 11.6. The maximum Gasteiger partial charge on any atom is 0.325 e. The number of nitrogens with one attached hydrogen (secondary N) is 1. The molecule has 1 aliphatic heterocycles. The van der Waals surface area contributed by atoms with E-state index in [-0.39, 0.29) is 12.5 Å². The van der Waals surface area contributed by atoms with Gasteiger partial charge in [-0.3, -0.25) is 9.69 Å². The highest BCUT2D eigenvalue weighted by Gasteiger charge is 2.48. The predicted molar refractivity (Wildman–Crippen MR) is 90.6 cm³/mol. The molecule has 25 heavy (non-hydrogen) atoms. The maximum absolute atomic E-state index is 12.9. The molecule has 2 aromatic rings. The first kappa shape index (κ1) is 16.5. The molecule has 3 amide bonds. The average molecular weight is 335 g/mol. The lowest BCUT2D eigenvalue weighted by Gasteiger charge is -2.22. The van der Waals surface area contributed by atoms with Gasteiger partial charge in [0.15, 0.2) is 0 Å². The third-order valence-corrected chi connectivity index (χ3v) is 4.37. The Morgan fingerprint density at radius 3 is 2.32 bits per heavy atom. The molecule has 6 heteroatoms. The molecule has 1 atom stereocenters. The number of imide groups is 1. The van der Waals surface area contributed by atoms with Crippen LogP contribution in [-0.4, -0.2) is 23.9 Å². The number of benzene rings is 2. The molecule has 0 aromatic heterocycles. The van der Waals surface area contributed by atoms with Gasteiger partial charge in [0, 0.05) is 0 Å². The van der Waals surface area contributed by atoms with Crippen molar-refractivity contribution < 1.29 is 14.3 Å². The Morgan fingerprint density at radius 1 is 1.12 bits per heavy atom. The normalized spacial score (nSPS) is 19.5. The lowest BCUT2D eigenvalue weighted by molar-refractivity contribution is -0.131. The summed E-state index contributed by atoms with van der Waals surface area (Å²) < 4.78 is 5.13. The van der Waals surface area contributed by atoms with E-state index in [1.165, 1.54) is 4.90 Å². The molecule has 1 N–H and O–H groups in total. The van der Waals surface area contributed by atoms with Gasteiger partial charge in [0.1, 0.15) is 11.3 Å². The Bertz CT molecular complexity index is 853. The van der Waals surface area contributed by atoms with Crippen LogP contribution in [0.1, 0.15) is 23.6 Å². The monoisotopic (exact) mass is 335 g/mol. The Kier molecular flexibility index (Phi) is 4.15. The van der Waals surface area contributed by atoms with Crippen LogP contribution in [0.4, 0.5) is 4.79 Å². The Morgan fingerprint density at radius 2 is 1.76 bits per heavy atom. The van der Waals surface area contributed by atoms with Gasteiger partial charge in [-0.2, -0.15) is 5.26 Å². The molecule has 1 aliphatic rings. The summed E-state index contributed by atoms with van der Waals surface area (Å²) in [4.78, 5) is 26.4. The third kappa shape index (κ3) is 2.92. The molecule has 0 spiro atoms. The molecule has 1 saturated heterocycles. The van der Waals surface area contributed by atoms with E-state index in [1.807, 2.05) is 6.07 Å². The first-order valence-electron chi connectivity index (χ1n) is 7.75. The fourth-order valence-corrected chi connectivity index (χ4v) is 2.83. The number of ether oxygens (including phenoxy) is 1. The summed E-state index contributed by atoms with van der Waals surface area (Å²) in [5.74, 6) is 0.366. The maximum atomic E-state index is 12.9. The quantitative estimate of drug-likeness (QED) is 0.871. The minimum atomic E-state index is -1.12. The standard InChI is InChI=1S/C19H17N3O3/c1-19(15-7-9-16(25-2)10-8-15)17(23)22(18(24)21-19)12-14-5-3-13(11-20)4-6-14/h3-10H,12H2,1-2H3,(H,21,24). The summed E-state index contributed by atoms with van der Waals surface area (Å²) in [6.07, 6.45) is 0. The van der Waals surface area contributed by atoms with E-state index in [0.717, 1.165) is 5.56 Å². The van der Waals surface area contributed by atoms with Gasteiger partial charge in [-0.25, -0.2) is 4.79 Å². The van der Waals surface area contributed by atoms with Gasteiger partial charge in [0.2, 0.25) is 0 Å². The largest absolute Gasteiger partial charge is 0.497 e. The van der Waals surface area contributed by atoms with Crippen LogP contribution in [0.2, 0.25) is 0 Å². The van der Waals surface area contributed by atoms with Crippen molar-refractivity contribution in [3.05, 3.63) is 65.2 Å². The van der Waals surface area contributed by atoms with E-state index in [9.17, 15) is 9.59 Å². The second-order valence-corrected chi connectivity index (χ2v) is 5.98. The van der Waals surface area contributed by atoms with E-state index >= 15 is 0 Å². The summed E-state index contributed by atoms with van der Waals surface area (Å²) in [6, 6.07) is 15.4. The number of amides is 3. The van der Waals surface area contributed by atoms with Crippen LogP contribution >= 0.6 is 0 Å². The average Bonchev–Trinajstić information content (AvgIpc) is 2.86. The molecule has 0 saturated carbocycles. The second kappa shape index (κ2) is 6.29. The SMILES string of the molecule is COc1ccc(C2(C)NC(=O)N(Cc3ccc(C#N)cc3)C2=O)cc1. The van der Waals surface area contributed by atoms with Gasteiger partial charge >= 0.3 is 6.03 Å². The van der Waals surface area contributed by atoms with E-state index < -0.39 is 11.6 Å². The molecule has 126 valence electrons. The number of nitriles is 1. The zero-order chi connectivity index (χ0) is 18.0. The van der Waals surface area contributed by atoms with Crippen LogP contribution in [0.5, 0.6) is 5.75 Å². The summed E-state index contributed by atoms with van der Waals surface area (Å²) in [7, 11) is 1.57. The van der Waals surface area contributed by atoms with Gasteiger partial charge in [0.05, 0.1) is 25.3 Å². The van der Waals surface area contributed by atoms with Crippen molar-refractivity contribution in [3.8, 4) is 11.8 Å². The zero-order valence-corrected chi connectivity index (χ0v) is 13.9. The van der Waals surface area contributed by atoms with Crippen LogP contribution < -0.4 is 10.1 Å². The lowest BCUT2D eigenvalue weighted by atomic mass is 9.92. The van der Waals surface area contributed by atoms with Crippen LogP contribution in [-0.2, 0) is 16.9 Å². The van der Waals surface area contributed by atoms with Crippen molar-refractivity contribution in [2.75, 3.05) is 7.11 Å². The molecule has 6 nitrogen and oxygen atoms in total. The Labute approximate surface area is 145 Å². The number of hydrogen-bond donors (Lipinski definition) is 1. The molecule has 0 bridgehead atoms. The molecule has 1 heterocycles. The highest BCUT2D eigenvalue weighted by molar-refractivity contribution is 6.07. The third-order valence-electron chi connectivity index (χ3n) is 4.37. The van der Waals surface area contributed by atoms with Gasteiger partial charge in [-0.1, -0.05) is 24.3 Å². The van der Waals surface area contributed by atoms with Gasteiger partial charge in [-0.15, -0.1) is 0 Å². The van der Waals surface area contributed by atoms with E-state index in [4.69, 9.17) is 10.00 Å². The summed E-state index contributed by atoms with van der Waals surface area (Å²) in [6.45, 7) is 1.84. The Hall–Kier alpha value is -3.33. The zero-order valence-electron chi connectivity index (χ0n) is 13.9. The molecular weight excluding hydrogens is 318 g/mol. The molecule has 2 aromatic carbocycles. The summed E-state index contributed by atoms with van der Waals surface area (Å²) >= 11 is 0. The van der Waals surface area contributed by atoms with Crippen molar-refractivity contribution in [2.45, 2.75) is 19.0 Å². The van der Waals surface area contributed by atoms with Crippen LogP contribution in [0.3, 0.4) is 0 Å². The fourth-order valence-electron chi connectivity index (χ4n) is 2.83. The second-order valence-electron chi connectivity index (χ2n) is 5.98. The van der Waals surface area contributed by atoms with E-state index in [0.29, 0.717) is 16.9 Å². The molecule has 0 radical (unpaired) electrons. The number of carbonyl (C=O) groups excluding carboxylic acids is 2. The van der Waals surface area contributed by atoms with Gasteiger partial charge in [-0.05, 0) is 42.3 Å². The first-order chi connectivity index (χ1) is 12.0. The Balaban J connectivity index is 1.84. The number of hydrogen-bond acceptors (Lipinski definition) is 4. The highest BCUT2D eigenvalue weighted by atomic mass is 16.5. The fraction of sp³-hybridized carbons (Fsp3) is 0.211. The number of rotatable bonds is 4. The van der Waals surface area contributed by atoms with Crippen molar-refractivity contribution in [2.24, 2.45) is 0 Å². The molecule has 1 fully saturated rings. The molecular formula is C19H17N3O3. The van der Waals surface area contributed by atoms with Crippen molar-refractivity contribution in [1.29, 1.82) is 5.26 Å². The molecule has 3 rings (SSSR count). The minimum Gasteiger partial charge on any atom is -0.497 e. The van der Waals surface area contributed by atoms with Gasteiger partial charge in [0.25, 0.3) is 5.91 Å². The van der Waals surface area contributed by atoms with E-state index in [2.05, 4.69) is 5.32 Å². The number of nitrogens with zero attached hydrogens (tertiary/aromatic N) is 2. The van der Waals surface area contributed by atoms with Gasteiger partial charge < -0.3 is 10.1 Å². The van der Waals surface area contributed by atoms with Crippen LogP contribution in [0, 0.1) is 11.3 Å². The van der Waals surface area contributed by atoms with Crippen LogP contribution in [0.15, 0.2) is 48.5 Å². The van der Waals surface area contributed by atoms with Crippen molar-refractivity contribution in [1.82, 2.24) is 10.2 Å². The van der Waals surface area contributed by atoms with Crippen molar-refractivity contribution >= 4 is 11.9 Å². The molecule has 0 aliphatic carbocycles. The van der Waals surface area contributed by atoms with E-state index in [1.54, 1.807) is 62.6 Å².